The Kier molecular flexibility index (Phi) is 4.94. The molecule has 0 aromatic heterocycles. The monoisotopic (exact) mass is 265 g/mol. The van der Waals surface area contributed by atoms with Gasteiger partial charge in [0, 0.05) is 6.61 Å². The third-order valence-electron chi connectivity index (χ3n) is 3.91. The first-order valence-electron chi connectivity index (χ1n) is 7.28. The van der Waals surface area contributed by atoms with Gasteiger partial charge in [0.25, 0.3) is 0 Å². The van der Waals surface area contributed by atoms with Gasteiger partial charge in [0.1, 0.15) is 5.82 Å². The van der Waals surface area contributed by atoms with Gasteiger partial charge in [-0.3, -0.25) is 0 Å². The smallest absolute Gasteiger partial charge is 0.123 e. The van der Waals surface area contributed by atoms with Crippen molar-refractivity contribution >= 4 is 0 Å². The van der Waals surface area contributed by atoms with Gasteiger partial charge in [-0.05, 0) is 56.8 Å². The molecule has 106 valence electrons. The molecule has 0 spiro atoms. The van der Waals surface area contributed by atoms with E-state index in [4.69, 9.17) is 4.74 Å². The van der Waals surface area contributed by atoms with Crippen LogP contribution in [0.4, 0.5) is 4.39 Å². The molecule has 0 radical (unpaired) electrons. The lowest BCUT2D eigenvalue weighted by molar-refractivity contribution is -0.0897. The maximum absolute atomic E-state index is 13.1. The van der Waals surface area contributed by atoms with Crippen molar-refractivity contribution in [3.05, 3.63) is 35.6 Å². The second-order valence-electron chi connectivity index (χ2n) is 5.56. The maximum Gasteiger partial charge on any atom is 0.123 e. The fraction of sp³-hybridized carbons (Fsp3) is 0.625. The van der Waals surface area contributed by atoms with Gasteiger partial charge in [0.2, 0.25) is 0 Å². The van der Waals surface area contributed by atoms with Crippen molar-refractivity contribution < 1.29 is 9.13 Å². The second kappa shape index (κ2) is 6.49. The van der Waals surface area contributed by atoms with Crippen LogP contribution in [0.3, 0.4) is 0 Å². The highest BCUT2D eigenvalue weighted by Gasteiger charge is 2.37. The normalized spacial score (nSPS) is 25.2. The Morgan fingerprint density at radius 2 is 2.05 bits per heavy atom. The molecule has 2 unspecified atom stereocenters. The lowest BCUT2D eigenvalue weighted by Crippen LogP contribution is -2.46. The standard InChI is InChI=1S/C16H24FNO/c1-3-11-18-15(13-6-8-14(17)9-7-13)16(2)10-4-5-12-19-16/h6-9,15,18H,3-5,10-12H2,1-2H3. The minimum Gasteiger partial charge on any atom is -0.373 e. The molecule has 1 aliphatic rings. The molecule has 0 amide bonds. The van der Waals surface area contributed by atoms with Crippen LogP contribution in [-0.4, -0.2) is 18.8 Å². The average molecular weight is 265 g/mol. The van der Waals surface area contributed by atoms with Crippen LogP contribution < -0.4 is 5.32 Å². The van der Waals surface area contributed by atoms with Gasteiger partial charge in [-0.1, -0.05) is 19.1 Å². The average Bonchev–Trinajstić information content (AvgIpc) is 2.42. The highest BCUT2D eigenvalue weighted by molar-refractivity contribution is 5.23. The molecule has 1 heterocycles. The minimum atomic E-state index is -0.189. The Hall–Kier alpha value is -0.930. The predicted octanol–water partition coefficient (Wildman–Crippen LogP) is 3.83. The van der Waals surface area contributed by atoms with E-state index >= 15 is 0 Å². The lowest BCUT2D eigenvalue weighted by Gasteiger charge is -2.41. The molecule has 2 nitrogen and oxygen atoms in total. The van der Waals surface area contributed by atoms with Crippen LogP contribution in [0, 0.1) is 5.82 Å². The molecule has 19 heavy (non-hydrogen) atoms. The summed E-state index contributed by atoms with van der Waals surface area (Å²) in [7, 11) is 0. The van der Waals surface area contributed by atoms with Crippen LogP contribution in [0.25, 0.3) is 0 Å². The molecule has 1 N–H and O–H groups in total. The lowest BCUT2D eigenvalue weighted by atomic mass is 9.84. The number of halogens is 1. The van der Waals surface area contributed by atoms with E-state index in [-0.39, 0.29) is 17.5 Å². The Labute approximate surface area is 115 Å². The molecule has 2 rings (SSSR count). The number of hydrogen-bond acceptors (Lipinski definition) is 2. The summed E-state index contributed by atoms with van der Waals surface area (Å²) in [5.41, 5.74) is 0.921. The van der Waals surface area contributed by atoms with Crippen LogP contribution in [0.2, 0.25) is 0 Å². The number of hydrogen-bond donors (Lipinski definition) is 1. The molecular formula is C16H24FNO. The first-order valence-corrected chi connectivity index (χ1v) is 7.28. The van der Waals surface area contributed by atoms with E-state index in [0.717, 1.165) is 38.0 Å². The van der Waals surface area contributed by atoms with Crippen molar-refractivity contribution in [3.8, 4) is 0 Å². The molecule has 2 atom stereocenters. The molecule has 1 fully saturated rings. The number of ether oxygens (including phenoxy) is 1. The molecule has 1 aromatic rings. The molecule has 0 saturated carbocycles. The molecule has 1 saturated heterocycles. The largest absolute Gasteiger partial charge is 0.373 e. The van der Waals surface area contributed by atoms with Gasteiger partial charge in [-0.2, -0.15) is 0 Å². The fourth-order valence-corrected chi connectivity index (χ4v) is 2.81. The van der Waals surface area contributed by atoms with Crippen molar-refractivity contribution in [1.82, 2.24) is 5.32 Å². The van der Waals surface area contributed by atoms with Crippen LogP contribution in [0.5, 0.6) is 0 Å². The zero-order valence-corrected chi connectivity index (χ0v) is 11.9. The van der Waals surface area contributed by atoms with Crippen molar-refractivity contribution in [3.63, 3.8) is 0 Å². The maximum atomic E-state index is 13.1. The minimum absolute atomic E-state index is 0.133. The molecule has 1 aromatic carbocycles. The summed E-state index contributed by atoms with van der Waals surface area (Å²) in [5, 5.41) is 3.57. The highest BCUT2D eigenvalue weighted by Crippen LogP contribution is 2.36. The topological polar surface area (TPSA) is 21.3 Å². The summed E-state index contributed by atoms with van der Waals surface area (Å²) in [4.78, 5) is 0. The summed E-state index contributed by atoms with van der Waals surface area (Å²) >= 11 is 0. The first-order chi connectivity index (χ1) is 9.15. The van der Waals surface area contributed by atoms with Crippen LogP contribution in [0.15, 0.2) is 24.3 Å². The third kappa shape index (κ3) is 3.54. The van der Waals surface area contributed by atoms with E-state index in [1.807, 2.05) is 12.1 Å². The predicted molar refractivity (Wildman–Crippen MR) is 75.6 cm³/mol. The Morgan fingerprint density at radius 1 is 1.32 bits per heavy atom. The van der Waals surface area contributed by atoms with E-state index < -0.39 is 0 Å². The van der Waals surface area contributed by atoms with Crippen LogP contribution in [-0.2, 0) is 4.74 Å². The SMILES string of the molecule is CCCNC(c1ccc(F)cc1)C1(C)CCCCO1. The summed E-state index contributed by atoms with van der Waals surface area (Å²) in [5.74, 6) is -0.187. The third-order valence-corrected chi connectivity index (χ3v) is 3.91. The number of benzene rings is 1. The molecule has 0 aliphatic carbocycles. The Bertz CT molecular complexity index is 384. The zero-order valence-electron chi connectivity index (χ0n) is 11.9. The Balaban J connectivity index is 2.21. The van der Waals surface area contributed by atoms with Gasteiger partial charge in [-0.25, -0.2) is 4.39 Å². The zero-order chi connectivity index (χ0) is 13.7. The number of rotatable bonds is 5. The van der Waals surface area contributed by atoms with E-state index in [2.05, 4.69) is 19.2 Å². The van der Waals surface area contributed by atoms with Crippen molar-refractivity contribution in [2.45, 2.75) is 51.2 Å². The van der Waals surface area contributed by atoms with Gasteiger partial charge >= 0.3 is 0 Å². The first kappa shape index (κ1) is 14.5. The quantitative estimate of drug-likeness (QED) is 0.873. The summed E-state index contributed by atoms with van der Waals surface area (Å²) < 4.78 is 19.1. The molecule has 3 heteroatoms. The van der Waals surface area contributed by atoms with E-state index in [1.54, 1.807) is 0 Å². The van der Waals surface area contributed by atoms with Gasteiger partial charge < -0.3 is 10.1 Å². The summed E-state index contributed by atoms with van der Waals surface area (Å²) in [6.45, 7) is 6.09. The number of nitrogens with one attached hydrogen (secondary N) is 1. The van der Waals surface area contributed by atoms with Gasteiger partial charge in [0.15, 0.2) is 0 Å². The second-order valence-corrected chi connectivity index (χ2v) is 5.56. The Morgan fingerprint density at radius 3 is 2.63 bits per heavy atom. The van der Waals surface area contributed by atoms with E-state index in [1.165, 1.54) is 18.6 Å². The fourth-order valence-electron chi connectivity index (χ4n) is 2.81. The van der Waals surface area contributed by atoms with Crippen molar-refractivity contribution in [2.24, 2.45) is 0 Å². The van der Waals surface area contributed by atoms with Crippen LogP contribution >= 0.6 is 0 Å². The van der Waals surface area contributed by atoms with Gasteiger partial charge in [-0.15, -0.1) is 0 Å². The summed E-state index contributed by atoms with van der Waals surface area (Å²) in [6.07, 6.45) is 4.46. The van der Waals surface area contributed by atoms with Crippen molar-refractivity contribution in [1.29, 1.82) is 0 Å². The van der Waals surface area contributed by atoms with Gasteiger partial charge in [0.05, 0.1) is 11.6 Å². The van der Waals surface area contributed by atoms with Crippen molar-refractivity contribution in [2.75, 3.05) is 13.2 Å². The molecule has 1 aliphatic heterocycles. The molecular weight excluding hydrogens is 241 g/mol. The van der Waals surface area contributed by atoms with E-state index in [9.17, 15) is 4.39 Å². The van der Waals surface area contributed by atoms with E-state index in [0.29, 0.717) is 0 Å². The highest BCUT2D eigenvalue weighted by atomic mass is 19.1. The summed E-state index contributed by atoms with van der Waals surface area (Å²) in [6, 6.07) is 6.93. The molecule has 0 bridgehead atoms. The van der Waals surface area contributed by atoms with Crippen LogP contribution in [0.1, 0.15) is 51.1 Å².